The molecule has 19 heavy (non-hydrogen) atoms. The molecule has 0 saturated carbocycles. The third-order valence-electron chi connectivity index (χ3n) is 2.56. The molecule has 1 aromatic rings. The predicted octanol–water partition coefficient (Wildman–Crippen LogP) is 0.367. The zero-order valence-electron chi connectivity index (χ0n) is 10.3. The highest BCUT2D eigenvalue weighted by molar-refractivity contribution is 5.82. The van der Waals surface area contributed by atoms with Crippen LogP contribution in [0.3, 0.4) is 0 Å². The Bertz CT molecular complexity index is 491. The van der Waals surface area contributed by atoms with Crippen molar-refractivity contribution in [1.29, 1.82) is 5.26 Å². The van der Waals surface area contributed by atoms with Crippen molar-refractivity contribution in [2.24, 2.45) is 5.73 Å². The van der Waals surface area contributed by atoms with E-state index in [9.17, 15) is 9.59 Å². The summed E-state index contributed by atoms with van der Waals surface area (Å²) in [6, 6.07) is 7.97. The van der Waals surface area contributed by atoms with Crippen LogP contribution in [-0.4, -0.2) is 23.0 Å². The number of carbonyl (C=O) groups excluding carboxylic acids is 1. The third kappa shape index (κ3) is 5.19. The second-order valence-corrected chi connectivity index (χ2v) is 4.07. The molecule has 0 aliphatic rings. The van der Waals surface area contributed by atoms with E-state index in [1.165, 1.54) is 0 Å². The van der Waals surface area contributed by atoms with Gasteiger partial charge in [0.1, 0.15) is 0 Å². The fraction of sp³-hybridized carbons (Fsp3) is 0.308. The lowest BCUT2D eigenvalue weighted by atomic mass is 10.1. The number of nitrogens with zero attached hydrogens (tertiary/aromatic N) is 1. The second kappa shape index (κ2) is 7.13. The number of rotatable bonds is 6. The van der Waals surface area contributed by atoms with Gasteiger partial charge in [-0.15, -0.1) is 0 Å². The molecule has 0 aliphatic heterocycles. The molecule has 6 nitrogen and oxygen atoms in total. The molecule has 1 aromatic carbocycles. The van der Waals surface area contributed by atoms with E-state index in [2.05, 4.69) is 5.32 Å². The van der Waals surface area contributed by atoms with Gasteiger partial charge in [-0.3, -0.25) is 9.59 Å². The van der Waals surface area contributed by atoms with Gasteiger partial charge in [-0.25, -0.2) is 0 Å². The average Bonchev–Trinajstić information content (AvgIpc) is 2.42. The molecule has 0 aromatic heterocycles. The Kier molecular flexibility index (Phi) is 5.51. The molecule has 0 spiro atoms. The van der Waals surface area contributed by atoms with Crippen LogP contribution in [0.5, 0.6) is 0 Å². The maximum absolute atomic E-state index is 11.6. The number of amides is 1. The molecular formula is C13H15N3O3. The number of benzene rings is 1. The van der Waals surface area contributed by atoms with Crippen LogP contribution in [0, 0.1) is 11.3 Å². The van der Waals surface area contributed by atoms with Crippen molar-refractivity contribution < 1.29 is 14.7 Å². The van der Waals surface area contributed by atoms with Crippen molar-refractivity contribution in [3.8, 4) is 6.07 Å². The molecule has 0 fully saturated rings. The quantitative estimate of drug-likeness (QED) is 0.684. The summed E-state index contributed by atoms with van der Waals surface area (Å²) in [6.45, 7) is 0.297. The monoisotopic (exact) mass is 261 g/mol. The lowest BCUT2D eigenvalue weighted by molar-refractivity contribution is -0.137. The van der Waals surface area contributed by atoms with E-state index < -0.39 is 12.0 Å². The van der Waals surface area contributed by atoms with Crippen LogP contribution < -0.4 is 11.1 Å². The summed E-state index contributed by atoms with van der Waals surface area (Å²) in [5.41, 5.74) is 6.95. The lowest BCUT2D eigenvalue weighted by Gasteiger charge is -2.11. The first-order chi connectivity index (χ1) is 9.02. The summed E-state index contributed by atoms with van der Waals surface area (Å²) in [7, 11) is 0. The maximum atomic E-state index is 11.6. The molecule has 0 bridgehead atoms. The van der Waals surface area contributed by atoms with Gasteiger partial charge in [0.15, 0.2) is 0 Å². The first-order valence-electron chi connectivity index (χ1n) is 5.77. The van der Waals surface area contributed by atoms with Crippen molar-refractivity contribution >= 4 is 11.9 Å². The number of carboxylic acid groups (broad SMARTS) is 1. The molecule has 1 unspecified atom stereocenters. The Morgan fingerprint density at radius 3 is 2.53 bits per heavy atom. The smallest absolute Gasteiger partial charge is 0.303 e. The number of hydrogen-bond donors (Lipinski definition) is 3. The van der Waals surface area contributed by atoms with Crippen molar-refractivity contribution in [3.63, 3.8) is 0 Å². The van der Waals surface area contributed by atoms with Crippen molar-refractivity contribution in [1.82, 2.24) is 5.32 Å². The Balaban J connectivity index is 2.40. The number of carbonyl (C=O) groups is 2. The van der Waals surface area contributed by atoms with Gasteiger partial charge in [0.25, 0.3) is 0 Å². The standard InChI is InChI=1S/C13H15N3O3/c14-7-9-1-3-10(4-2-9)8-16-13(19)11(15)5-6-12(17)18/h1-4,11H,5-6,8,15H2,(H,16,19)(H,17,18). The number of nitrogens with two attached hydrogens (primary N) is 1. The summed E-state index contributed by atoms with van der Waals surface area (Å²) in [6.07, 6.45) is -0.0278. The predicted molar refractivity (Wildman–Crippen MR) is 67.8 cm³/mol. The zero-order valence-corrected chi connectivity index (χ0v) is 10.3. The molecule has 0 heterocycles. The molecule has 6 heteroatoms. The number of carboxylic acids is 1. The first kappa shape index (κ1) is 14.7. The molecular weight excluding hydrogens is 246 g/mol. The number of nitrogens with one attached hydrogen (secondary N) is 1. The summed E-state index contributed by atoms with van der Waals surface area (Å²) < 4.78 is 0. The number of aliphatic carboxylic acids is 1. The molecule has 1 amide bonds. The summed E-state index contributed by atoms with van der Waals surface area (Å²) in [4.78, 5) is 21.9. The van der Waals surface area contributed by atoms with Crippen LogP contribution in [0.2, 0.25) is 0 Å². The average molecular weight is 261 g/mol. The van der Waals surface area contributed by atoms with Gasteiger partial charge in [-0.05, 0) is 24.1 Å². The second-order valence-electron chi connectivity index (χ2n) is 4.07. The summed E-state index contributed by atoms with van der Waals surface area (Å²) in [5, 5.41) is 19.7. The Morgan fingerprint density at radius 2 is 2.00 bits per heavy atom. The van der Waals surface area contributed by atoms with Crippen LogP contribution >= 0.6 is 0 Å². The van der Waals surface area contributed by atoms with Crippen LogP contribution in [0.1, 0.15) is 24.0 Å². The molecule has 1 rings (SSSR count). The van der Waals surface area contributed by atoms with E-state index in [1.807, 2.05) is 6.07 Å². The third-order valence-corrected chi connectivity index (χ3v) is 2.56. The van der Waals surface area contributed by atoms with Crippen LogP contribution in [0.15, 0.2) is 24.3 Å². The van der Waals surface area contributed by atoms with Gasteiger partial charge >= 0.3 is 5.97 Å². The fourth-order valence-electron chi connectivity index (χ4n) is 1.43. The largest absolute Gasteiger partial charge is 0.481 e. The summed E-state index contributed by atoms with van der Waals surface area (Å²) >= 11 is 0. The van der Waals surface area contributed by atoms with Crippen LogP contribution in [0.4, 0.5) is 0 Å². The number of nitriles is 1. The molecule has 1 atom stereocenters. The highest BCUT2D eigenvalue weighted by Crippen LogP contribution is 2.03. The SMILES string of the molecule is N#Cc1ccc(CNC(=O)C(N)CCC(=O)O)cc1. The summed E-state index contributed by atoms with van der Waals surface area (Å²) in [5.74, 6) is -1.36. The number of hydrogen-bond acceptors (Lipinski definition) is 4. The normalized spacial score (nSPS) is 11.4. The molecule has 100 valence electrons. The minimum absolute atomic E-state index is 0.106. The van der Waals surface area contributed by atoms with E-state index >= 15 is 0 Å². The highest BCUT2D eigenvalue weighted by atomic mass is 16.4. The van der Waals surface area contributed by atoms with E-state index in [0.29, 0.717) is 12.1 Å². The maximum Gasteiger partial charge on any atom is 0.303 e. The zero-order chi connectivity index (χ0) is 14.3. The van der Waals surface area contributed by atoms with E-state index in [-0.39, 0.29) is 18.7 Å². The minimum Gasteiger partial charge on any atom is -0.481 e. The van der Waals surface area contributed by atoms with Crippen molar-refractivity contribution in [2.75, 3.05) is 0 Å². The molecule has 4 N–H and O–H groups in total. The van der Waals surface area contributed by atoms with Gasteiger partial charge in [0.2, 0.25) is 5.91 Å². The Morgan fingerprint density at radius 1 is 1.37 bits per heavy atom. The van der Waals surface area contributed by atoms with Gasteiger partial charge in [0.05, 0.1) is 17.7 Å². The molecule has 0 radical (unpaired) electrons. The fourth-order valence-corrected chi connectivity index (χ4v) is 1.43. The van der Waals surface area contributed by atoms with Crippen LogP contribution in [-0.2, 0) is 16.1 Å². The Labute approximate surface area is 110 Å². The van der Waals surface area contributed by atoms with Gasteiger partial charge in [-0.2, -0.15) is 5.26 Å². The Hall–Kier alpha value is -2.39. The van der Waals surface area contributed by atoms with Crippen LogP contribution in [0.25, 0.3) is 0 Å². The highest BCUT2D eigenvalue weighted by Gasteiger charge is 2.14. The van der Waals surface area contributed by atoms with E-state index in [1.54, 1.807) is 24.3 Å². The van der Waals surface area contributed by atoms with Crippen molar-refractivity contribution in [2.45, 2.75) is 25.4 Å². The van der Waals surface area contributed by atoms with Gasteiger partial charge in [-0.1, -0.05) is 12.1 Å². The van der Waals surface area contributed by atoms with Crippen molar-refractivity contribution in [3.05, 3.63) is 35.4 Å². The van der Waals surface area contributed by atoms with E-state index in [0.717, 1.165) is 5.56 Å². The van der Waals surface area contributed by atoms with E-state index in [4.69, 9.17) is 16.1 Å². The van der Waals surface area contributed by atoms with Gasteiger partial charge in [0, 0.05) is 13.0 Å². The van der Waals surface area contributed by atoms with Gasteiger partial charge < -0.3 is 16.2 Å². The molecule has 0 aliphatic carbocycles. The minimum atomic E-state index is -0.977. The lowest BCUT2D eigenvalue weighted by Crippen LogP contribution is -2.40. The topological polar surface area (TPSA) is 116 Å². The first-order valence-corrected chi connectivity index (χ1v) is 5.77. The molecule has 0 saturated heterocycles.